The molecule has 1 N–H and O–H groups in total. The molecule has 0 spiro atoms. The average Bonchev–Trinajstić information content (AvgIpc) is 2.72. The first kappa shape index (κ1) is 25.1. The van der Waals surface area contributed by atoms with Gasteiger partial charge in [0.05, 0.1) is 12.5 Å². The van der Waals surface area contributed by atoms with E-state index >= 15 is 0 Å². The van der Waals surface area contributed by atoms with Gasteiger partial charge in [-0.05, 0) is 40.5 Å². The van der Waals surface area contributed by atoms with Crippen LogP contribution in [0.3, 0.4) is 0 Å². The van der Waals surface area contributed by atoms with Gasteiger partial charge in [0.25, 0.3) is 0 Å². The molecule has 0 aliphatic rings. The minimum atomic E-state index is -0.734. The van der Waals surface area contributed by atoms with E-state index in [2.05, 4.69) is 53.7 Å². The van der Waals surface area contributed by atoms with Gasteiger partial charge in [0.2, 0.25) is 0 Å². The van der Waals surface area contributed by atoms with Crippen molar-refractivity contribution >= 4 is 5.97 Å². The van der Waals surface area contributed by atoms with Crippen LogP contribution in [0.5, 0.6) is 5.75 Å². The Hall–Kier alpha value is -2.13. The second-order valence-electron chi connectivity index (χ2n) is 10.4. The summed E-state index contributed by atoms with van der Waals surface area (Å²) in [6, 6.07) is 17.3. The number of benzene rings is 2. The van der Waals surface area contributed by atoms with Crippen molar-refractivity contribution in [3.63, 3.8) is 0 Å². The van der Waals surface area contributed by atoms with E-state index in [-0.39, 0.29) is 29.1 Å². The molecule has 2 atom stereocenters. The van der Waals surface area contributed by atoms with Gasteiger partial charge in [-0.2, -0.15) is 0 Å². The standard InChI is InChI=1S/C28H40O3/c1-7-8-12-18-28(5,6)24(20-25(29)31-23-16-10-9-11-17-23)26(30)21-14-13-15-22(19-21)27(2,3)4/h9-11,13-17,19,24,26,30H,7-8,12,18,20H2,1-6H3. The van der Waals surface area contributed by atoms with Crippen LogP contribution in [-0.2, 0) is 10.2 Å². The second kappa shape index (κ2) is 10.9. The monoisotopic (exact) mass is 424 g/mol. The molecule has 0 aliphatic heterocycles. The summed E-state index contributed by atoms with van der Waals surface area (Å²) in [6.45, 7) is 13.0. The van der Waals surface area contributed by atoms with Crippen molar-refractivity contribution < 1.29 is 14.6 Å². The fourth-order valence-corrected chi connectivity index (χ4v) is 4.09. The maximum Gasteiger partial charge on any atom is 0.311 e. The van der Waals surface area contributed by atoms with Crippen molar-refractivity contribution in [2.45, 2.75) is 85.2 Å². The Bertz CT molecular complexity index is 818. The Morgan fingerprint density at radius 1 is 0.968 bits per heavy atom. The molecule has 3 nitrogen and oxygen atoms in total. The van der Waals surface area contributed by atoms with Gasteiger partial charge < -0.3 is 9.84 Å². The highest BCUT2D eigenvalue weighted by molar-refractivity contribution is 5.72. The molecule has 0 saturated carbocycles. The summed E-state index contributed by atoms with van der Waals surface area (Å²) in [5.74, 6) is 0.000776. The third-order valence-electron chi connectivity index (χ3n) is 6.27. The minimum Gasteiger partial charge on any atom is -0.427 e. The molecule has 0 aliphatic carbocycles. The summed E-state index contributed by atoms with van der Waals surface area (Å²) in [7, 11) is 0. The molecule has 0 fully saturated rings. The van der Waals surface area contributed by atoms with Crippen molar-refractivity contribution in [1.29, 1.82) is 0 Å². The van der Waals surface area contributed by atoms with E-state index in [4.69, 9.17) is 4.74 Å². The molecule has 0 heterocycles. The van der Waals surface area contributed by atoms with Crippen LogP contribution in [-0.4, -0.2) is 11.1 Å². The van der Waals surface area contributed by atoms with Crippen LogP contribution in [0.25, 0.3) is 0 Å². The molecular formula is C28H40O3. The summed E-state index contributed by atoms with van der Waals surface area (Å²) >= 11 is 0. The maximum atomic E-state index is 12.8. The lowest BCUT2D eigenvalue weighted by Gasteiger charge is -2.38. The van der Waals surface area contributed by atoms with Gasteiger partial charge in [-0.1, -0.05) is 103 Å². The first-order valence-corrected chi connectivity index (χ1v) is 11.6. The maximum absolute atomic E-state index is 12.8. The highest BCUT2D eigenvalue weighted by atomic mass is 16.5. The third kappa shape index (κ3) is 7.50. The summed E-state index contributed by atoms with van der Waals surface area (Å²) in [5, 5.41) is 11.5. The van der Waals surface area contributed by atoms with Crippen molar-refractivity contribution in [1.82, 2.24) is 0 Å². The van der Waals surface area contributed by atoms with Crippen molar-refractivity contribution in [3.8, 4) is 5.75 Å². The normalized spacial score (nSPS) is 14.2. The van der Waals surface area contributed by atoms with E-state index in [1.54, 1.807) is 12.1 Å². The fraction of sp³-hybridized carbons (Fsp3) is 0.536. The van der Waals surface area contributed by atoms with Crippen LogP contribution < -0.4 is 4.74 Å². The molecule has 0 aromatic heterocycles. The zero-order chi connectivity index (χ0) is 23.1. The summed E-state index contributed by atoms with van der Waals surface area (Å²) in [4.78, 5) is 12.8. The number of aliphatic hydroxyl groups is 1. The topological polar surface area (TPSA) is 46.5 Å². The number of unbranched alkanes of at least 4 members (excludes halogenated alkanes) is 2. The van der Waals surface area contributed by atoms with Gasteiger partial charge in [-0.3, -0.25) is 4.79 Å². The number of aliphatic hydroxyl groups excluding tert-OH is 1. The minimum absolute atomic E-state index is 0.00584. The van der Waals surface area contributed by atoms with Crippen LogP contribution >= 0.6 is 0 Å². The average molecular weight is 425 g/mol. The lowest BCUT2D eigenvalue weighted by molar-refractivity contribution is -0.138. The van der Waals surface area contributed by atoms with E-state index in [1.165, 1.54) is 5.56 Å². The number of hydrogen-bond donors (Lipinski definition) is 1. The first-order chi connectivity index (χ1) is 14.5. The molecule has 0 saturated heterocycles. The number of hydrogen-bond acceptors (Lipinski definition) is 3. The number of para-hydroxylation sites is 1. The van der Waals surface area contributed by atoms with Crippen LogP contribution in [0.2, 0.25) is 0 Å². The number of carbonyl (C=O) groups is 1. The van der Waals surface area contributed by atoms with Gasteiger partial charge in [0.1, 0.15) is 5.75 Å². The molecule has 31 heavy (non-hydrogen) atoms. The zero-order valence-corrected chi connectivity index (χ0v) is 20.2. The Balaban J connectivity index is 2.29. The number of carbonyl (C=O) groups excluding carboxylic acids is 1. The Labute approximate surface area is 188 Å². The first-order valence-electron chi connectivity index (χ1n) is 11.6. The largest absolute Gasteiger partial charge is 0.427 e. The SMILES string of the molecule is CCCCCC(C)(C)C(CC(=O)Oc1ccccc1)C(O)c1cccc(C(C)(C)C)c1. The summed E-state index contributed by atoms with van der Waals surface area (Å²) in [6.07, 6.45) is 3.78. The van der Waals surface area contributed by atoms with E-state index in [0.717, 1.165) is 31.2 Å². The van der Waals surface area contributed by atoms with E-state index in [1.807, 2.05) is 30.3 Å². The predicted octanol–water partition coefficient (Wildman–Crippen LogP) is 7.24. The van der Waals surface area contributed by atoms with Crippen LogP contribution in [0.15, 0.2) is 54.6 Å². The molecule has 170 valence electrons. The van der Waals surface area contributed by atoms with Gasteiger partial charge in [-0.25, -0.2) is 0 Å². The molecule has 0 bridgehead atoms. The van der Waals surface area contributed by atoms with Gasteiger partial charge in [0.15, 0.2) is 0 Å². The number of rotatable bonds is 10. The lowest BCUT2D eigenvalue weighted by atomic mass is 9.69. The number of ether oxygens (including phenoxy) is 1. The fourth-order valence-electron chi connectivity index (χ4n) is 4.09. The Kier molecular flexibility index (Phi) is 8.88. The number of esters is 1. The smallest absolute Gasteiger partial charge is 0.311 e. The molecule has 0 radical (unpaired) electrons. The van der Waals surface area contributed by atoms with Crippen molar-refractivity contribution in [2.75, 3.05) is 0 Å². The van der Waals surface area contributed by atoms with Crippen molar-refractivity contribution in [2.24, 2.45) is 11.3 Å². The van der Waals surface area contributed by atoms with Crippen LogP contribution in [0.1, 0.15) is 90.9 Å². The van der Waals surface area contributed by atoms with Gasteiger partial charge in [0, 0.05) is 5.92 Å². The summed E-state index contributed by atoms with van der Waals surface area (Å²) in [5.41, 5.74) is 1.84. The third-order valence-corrected chi connectivity index (χ3v) is 6.27. The second-order valence-corrected chi connectivity index (χ2v) is 10.4. The van der Waals surface area contributed by atoms with E-state index in [0.29, 0.717) is 5.75 Å². The Morgan fingerprint density at radius 3 is 2.26 bits per heavy atom. The van der Waals surface area contributed by atoms with Gasteiger partial charge >= 0.3 is 5.97 Å². The molecule has 2 aromatic rings. The molecule has 3 heteroatoms. The molecular weight excluding hydrogens is 384 g/mol. The van der Waals surface area contributed by atoms with Crippen LogP contribution in [0, 0.1) is 11.3 Å². The van der Waals surface area contributed by atoms with E-state index < -0.39 is 6.10 Å². The molecule has 2 aromatic carbocycles. The lowest BCUT2D eigenvalue weighted by Crippen LogP contribution is -2.33. The van der Waals surface area contributed by atoms with Crippen LogP contribution in [0.4, 0.5) is 0 Å². The molecule has 2 unspecified atom stereocenters. The quantitative estimate of drug-likeness (QED) is 0.248. The highest BCUT2D eigenvalue weighted by Crippen LogP contribution is 2.43. The summed E-state index contributed by atoms with van der Waals surface area (Å²) < 4.78 is 5.58. The molecule has 2 rings (SSSR count). The zero-order valence-electron chi connectivity index (χ0n) is 20.2. The predicted molar refractivity (Wildman–Crippen MR) is 128 cm³/mol. The Morgan fingerprint density at radius 2 is 1.65 bits per heavy atom. The van der Waals surface area contributed by atoms with E-state index in [9.17, 15) is 9.90 Å². The van der Waals surface area contributed by atoms with Gasteiger partial charge in [-0.15, -0.1) is 0 Å². The van der Waals surface area contributed by atoms with Crippen molar-refractivity contribution in [3.05, 3.63) is 65.7 Å². The molecule has 0 amide bonds. The highest BCUT2D eigenvalue weighted by Gasteiger charge is 2.37.